The number of carbonyl (C=O) groups is 2. The molecule has 5 heteroatoms. The Kier molecular flexibility index (Phi) is 5.28. The van der Waals surface area contributed by atoms with Crippen molar-refractivity contribution < 1.29 is 9.59 Å². The van der Waals surface area contributed by atoms with Crippen molar-refractivity contribution >= 4 is 23.6 Å². The number of nitrogens with zero attached hydrogens (tertiary/aromatic N) is 1. The van der Waals surface area contributed by atoms with Gasteiger partial charge in [-0.3, -0.25) is 9.59 Å². The molecule has 1 saturated heterocycles. The first-order valence-corrected chi connectivity index (χ1v) is 8.44. The number of amides is 2. The number of hydrogen-bond acceptors (Lipinski definition) is 3. The normalized spacial score (nSPS) is 15.9. The molecular formula is C16H22N2O2S. The third-order valence-corrected chi connectivity index (χ3v) is 4.80. The van der Waals surface area contributed by atoms with E-state index in [9.17, 15) is 9.59 Å². The molecule has 1 N–H and O–H groups in total. The van der Waals surface area contributed by atoms with Gasteiger partial charge in [0.15, 0.2) is 0 Å². The maximum atomic E-state index is 12.7. The largest absolute Gasteiger partial charge is 0.359 e. The first-order chi connectivity index (χ1) is 10.1. The van der Waals surface area contributed by atoms with E-state index in [0.717, 1.165) is 28.9 Å². The quantitative estimate of drug-likeness (QED) is 0.872. The molecule has 21 heavy (non-hydrogen) atoms. The second-order valence-electron chi connectivity index (χ2n) is 5.36. The van der Waals surface area contributed by atoms with Crippen LogP contribution in [-0.2, 0) is 4.79 Å². The van der Waals surface area contributed by atoms with Crippen molar-refractivity contribution in [1.82, 2.24) is 10.2 Å². The average Bonchev–Trinajstić information content (AvgIpc) is 2.54. The van der Waals surface area contributed by atoms with E-state index in [1.165, 1.54) is 0 Å². The molecule has 1 aromatic rings. The van der Waals surface area contributed by atoms with Gasteiger partial charge in [-0.25, -0.2) is 0 Å². The van der Waals surface area contributed by atoms with Crippen LogP contribution >= 0.6 is 11.8 Å². The van der Waals surface area contributed by atoms with Gasteiger partial charge in [0, 0.05) is 36.5 Å². The molecule has 1 aliphatic heterocycles. The molecule has 114 valence electrons. The minimum atomic E-state index is 0.0395. The second-order valence-corrected chi connectivity index (χ2v) is 6.24. The monoisotopic (exact) mass is 306 g/mol. The first kappa shape index (κ1) is 15.9. The molecule has 0 radical (unpaired) electrons. The lowest BCUT2D eigenvalue weighted by atomic mass is 9.95. The molecule has 0 saturated carbocycles. The summed E-state index contributed by atoms with van der Waals surface area (Å²) in [5.41, 5.74) is 1.78. The average molecular weight is 306 g/mol. The smallest absolute Gasteiger partial charge is 0.254 e. The van der Waals surface area contributed by atoms with Crippen LogP contribution in [0.15, 0.2) is 23.1 Å². The summed E-state index contributed by atoms with van der Waals surface area (Å²) in [6, 6.07) is 6.00. The van der Waals surface area contributed by atoms with Gasteiger partial charge in [0.05, 0.1) is 0 Å². The summed E-state index contributed by atoms with van der Waals surface area (Å²) >= 11 is 1.64. The Hall–Kier alpha value is -1.49. The molecule has 0 spiro atoms. The van der Waals surface area contributed by atoms with E-state index in [-0.39, 0.29) is 17.7 Å². The number of likely N-dealkylation sites (tertiary alicyclic amines) is 1. The number of thioether (sulfide) groups is 1. The van der Waals surface area contributed by atoms with Gasteiger partial charge in [-0.2, -0.15) is 0 Å². The van der Waals surface area contributed by atoms with E-state index in [2.05, 4.69) is 5.32 Å². The van der Waals surface area contributed by atoms with Gasteiger partial charge in [-0.1, -0.05) is 6.07 Å². The van der Waals surface area contributed by atoms with Crippen LogP contribution in [0.1, 0.15) is 28.8 Å². The zero-order chi connectivity index (χ0) is 15.4. The van der Waals surface area contributed by atoms with Gasteiger partial charge >= 0.3 is 0 Å². The van der Waals surface area contributed by atoms with Crippen molar-refractivity contribution in [3.05, 3.63) is 29.3 Å². The molecule has 1 fully saturated rings. The molecule has 2 rings (SSSR count). The van der Waals surface area contributed by atoms with Crippen LogP contribution in [0.2, 0.25) is 0 Å². The van der Waals surface area contributed by atoms with Gasteiger partial charge in [0.1, 0.15) is 0 Å². The standard InChI is InChI=1S/C16H22N2O2S/c1-11-4-5-13(21-3)10-14(11)16(20)18-8-6-12(7-9-18)15(19)17-2/h4-5,10,12H,6-9H2,1-3H3,(H,17,19). The highest BCUT2D eigenvalue weighted by Gasteiger charge is 2.27. The van der Waals surface area contributed by atoms with E-state index in [0.29, 0.717) is 13.1 Å². The molecule has 0 bridgehead atoms. The van der Waals surface area contributed by atoms with Crippen LogP contribution in [-0.4, -0.2) is 43.1 Å². The molecule has 4 nitrogen and oxygen atoms in total. The Morgan fingerprint density at radius 3 is 2.52 bits per heavy atom. The highest BCUT2D eigenvalue weighted by atomic mass is 32.2. The predicted octanol–water partition coefficient (Wildman–Crippen LogP) is 2.32. The third-order valence-electron chi connectivity index (χ3n) is 4.07. The van der Waals surface area contributed by atoms with Crippen LogP contribution in [0.4, 0.5) is 0 Å². The van der Waals surface area contributed by atoms with E-state index < -0.39 is 0 Å². The van der Waals surface area contributed by atoms with Crippen molar-refractivity contribution in [2.45, 2.75) is 24.7 Å². The Bertz CT molecular complexity index is 537. The molecule has 0 atom stereocenters. The predicted molar refractivity (Wildman–Crippen MR) is 85.7 cm³/mol. The van der Waals surface area contributed by atoms with Gasteiger partial charge < -0.3 is 10.2 Å². The lowest BCUT2D eigenvalue weighted by Crippen LogP contribution is -2.42. The number of rotatable bonds is 3. The van der Waals surface area contributed by atoms with Crippen molar-refractivity contribution in [2.75, 3.05) is 26.4 Å². The highest BCUT2D eigenvalue weighted by molar-refractivity contribution is 7.98. The van der Waals surface area contributed by atoms with Gasteiger partial charge in [0.2, 0.25) is 5.91 Å². The van der Waals surface area contributed by atoms with E-state index in [1.807, 2.05) is 36.3 Å². The number of hydrogen-bond donors (Lipinski definition) is 1. The minimum Gasteiger partial charge on any atom is -0.359 e. The molecule has 1 heterocycles. The van der Waals surface area contributed by atoms with E-state index in [1.54, 1.807) is 18.8 Å². The van der Waals surface area contributed by atoms with Gasteiger partial charge in [-0.05, 0) is 43.7 Å². The SMILES string of the molecule is CNC(=O)C1CCN(C(=O)c2cc(SC)ccc2C)CC1. The third kappa shape index (κ3) is 3.59. The summed E-state index contributed by atoms with van der Waals surface area (Å²) in [5, 5.41) is 2.69. The van der Waals surface area contributed by atoms with Crippen LogP contribution < -0.4 is 5.32 Å². The van der Waals surface area contributed by atoms with E-state index in [4.69, 9.17) is 0 Å². The van der Waals surface area contributed by atoms with Crippen LogP contribution in [0.5, 0.6) is 0 Å². The van der Waals surface area contributed by atoms with Gasteiger partial charge in [-0.15, -0.1) is 11.8 Å². The molecule has 2 amide bonds. The molecule has 0 aliphatic carbocycles. The maximum Gasteiger partial charge on any atom is 0.254 e. The van der Waals surface area contributed by atoms with Crippen LogP contribution in [0.3, 0.4) is 0 Å². The number of nitrogens with one attached hydrogen (secondary N) is 1. The summed E-state index contributed by atoms with van der Waals surface area (Å²) < 4.78 is 0. The van der Waals surface area contributed by atoms with Gasteiger partial charge in [0.25, 0.3) is 5.91 Å². The summed E-state index contributed by atoms with van der Waals surface area (Å²) in [4.78, 5) is 27.3. The maximum absolute atomic E-state index is 12.7. The highest BCUT2D eigenvalue weighted by Crippen LogP contribution is 2.23. The lowest BCUT2D eigenvalue weighted by Gasteiger charge is -2.31. The minimum absolute atomic E-state index is 0.0395. The Morgan fingerprint density at radius 1 is 1.29 bits per heavy atom. The summed E-state index contributed by atoms with van der Waals surface area (Å²) in [7, 11) is 1.66. The number of aryl methyl sites for hydroxylation is 1. The fourth-order valence-corrected chi connectivity index (χ4v) is 3.12. The zero-order valence-electron chi connectivity index (χ0n) is 12.8. The fraction of sp³-hybridized carbons (Fsp3) is 0.500. The van der Waals surface area contributed by atoms with Crippen LogP contribution in [0, 0.1) is 12.8 Å². The molecule has 1 aliphatic rings. The van der Waals surface area contributed by atoms with Crippen LogP contribution in [0.25, 0.3) is 0 Å². The number of benzene rings is 1. The number of carbonyl (C=O) groups excluding carboxylic acids is 2. The lowest BCUT2D eigenvalue weighted by molar-refractivity contribution is -0.125. The summed E-state index contributed by atoms with van der Waals surface area (Å²) in [6.07, 6.45) is 3.49. The molecule has 0 unspecified atom stereocenters. The van der Waals surface area contributed by atoms with E-state index >= 15 is 0 Å². The van der Waals surface area contributed by atoms with Crippen molar-refractivity contribution in [3.8, 4) is 0 Å². The van der Waals surface area contributed by atoms with Crippen molar-refractivity contribution in [1.29, 1.82) is 0 Å². The topological polar surface area (TPSA) is 49.4 Å². The Balaban J connectivity index is 2.07. The Morgan fingerprint density at radius 2 is 1.95 bits per heavy atom. The summed E-state index contributed by atoms with van der Waals surface area (Å²) in [5.74, 6) is 0.207. The fourth-order valence-electron chi connectivity index (χ4n) is 2.68. The first-order valence-electron chi connectivity index (χ1n) is 7.22. The number of piperidine rings is 1. The molecular weight excluding hydrogens is 284 g/mol. The molecule has 1 aromatic carbocycles. The molecule has 0 aromatic heterocycles. The Labute approximate surface area is 130 Å². The van der Waals surface area contributed by atoms with Crippen molar-refractivity contribution in [2.24, 2.45) is 5.92 Å². The van der Waals surface area contributed by atoms with Crippen molar-refractivity contribution in [3.63, 3.8) is 0 Å². The second kappa shape index (κ2) is 6.98. The summed E-state index contributed by atoms with van der Waals surface area (Å²) in [6.45, 7) is 3.27. The zero-order valence-corrected chi connectivity index (χ0v) is 13.6.